The molecule has 0 bridgehead atoms. The quantitative estimate of drug-likeness (QED) is 0.244. The zero-order valence-corrected chi connectivity index (χ0v) is 17.7. The minimum absolute atomic E-state index is 0.524. The van der Waals surface area contributed by atoms with Crippen molar-refractivity contribution in [2.45, 2.75) is 5.41 Å². The van der Waals surface area contributed by atoms with Crippen molar-refractivity contribution in [2.75, 3.05) is 0 Å². The van der Waals surface area contributed by atoms with Crippen LogP contribution in [0.25, 0.3) is 11.4 Å². The molecular weight excluding hydrogens is 480 g/mol. The number of hydrogen-bond acceptors (Lipinski definition) is 3. The zero-order valence-electron chi connectivity index (χ0n) is 14.5. The van der Waals surface area contributed by atoms with Crippen molar-refractivity contribution in [3.63, 3.8) is 0 Å². The smallest absolute Gasteiger partial charge is 0.132 e. The van der Waals surface area contributed by atoms with E-state index in [9.17, 15) is 0 Å². The van der Waals surface area contributed by atoms with Gasteiger partial charge in [0.1, 0.15) is 11.5 Å². The molecule has 3 heterocycles. The highest BCUT2D eigenvalue weighted by Crippen LogP contribution is 2.61. The van der Waals surface area contributed by atoms with Crippen molar-refractivity contribution in [1.29, 1.82) is 0 Å². The van der Waals surface area contributed by atoms with Crippen LogP contribution in [0.4, 0.5) is 0 Å². The number of pyridine rings is 2. The van der Waals surface area contributed by atoms with Crippen LogP contribution in [0, 0.1) is 0 Å². The number of benzene rings is 2. The molecule has 1 aliphatic carbocycles. The van der Waals surface area contributed by atoms with Crippen LogP contribution in [0.15, 0.2) is 82.0 Å². The third-order valence-corrected chi connectivity index (χ3v) is 6.55. The fourth-order valence-corrected chi connectivity index (χ4v) is 5.27. The molecule has 134 valence electrons. The Balaban J connectivity index is 1.86. The Labute approximate surface area is 178 Å². The summed E-state index contributed by atoms with van der Waals surface area (Å²) in [6, 6.07) is 20.7. The van der Waals surface area contributed by atoms with Gasteiger partial charge in [0.15, 0.2) is 0 Å². The van der Waals surface area contributed by atoms with Gasteiger partial charge in [-0.25, -0.2) is 0 Å². The van der Waals surface area contributed by atoms with E-state index in [0.29, 0.717) is 0 Å². The highest BCUT2D eigenvalue weighted by molar-refractivity contribution is 9.10. The average Bonchev–Trinajstić information content (AvgIpc) is 3.01. The van der Waals surface area contributed by atoms with Gasteiger partial charge in [-0.1, -0.05) is 44.0 Å². The monoisotopic (exact) mass is 490 g/mol. The summed E-state index contributed by atoms with van der Waals surface area (Å²) in [6.07, 6.45) is 3.67. The largest absolute Gasteiger partial charge is 0.457 e. The van der Waals surface area contributed by atoms with E-state index >= 15 is 0 Å². The van der Waals surface area contributed by atoms with E-state index in [1.165, 1.54) is 0 Å². The van der Waals surface area contributed by atoms with E-state index in [0.717, 1.165) is 54.1 Å². The van der Waals surface area contributed by atoms with E-state index in [1.54, 1.807) is 0 Å². The van der Waals surface area contributed by atoms with Gasteiger partial charge in [0.2, 0.25) is 0 Å². The van der Waals surface area contributed by atoms with Gasteiger partial charge in [0.25, 0.3) is 0 Å². The number of ether oxygens (including phenoxy) is 1. The van der Waals surface area contributed by atoms with Crippen molar-refractivity contribution in [2.24, 2.45) is 0 Å². The second-order valence-corrected chi connectivity index (χ2v) is 8.76. The van der Waals surface area contributed by atoms with Crippen molar-refractivity contribution < 1.29 is 4.74 Å². The second-order valence-electron chi connectivity index (χ2n) is 6.93. The number of fused-ring (bicyclic) bond motifs is 9. The summed E-state index contributed by atoms with van der Waals surface area (Å²) in [6.45, 7) is 0. The molecule has 5 heteroatoms. The number of halogens is 2. The van der Waals surface area contributed by atoms with E-state index in [1.807, 2.05) is 48.8 Å². The molecule has 0 amide bonds. The molecule has 0 atom stereocenters. The molecule has 2 aromatic heterocycles. The van der Waals surface area contributed by atoms with Crippen molar-refractivity contribution in [3.05, 3.63) is 104 Å². The van der Waals surface area contributed by atoms with Crippen LogP contribution in [-0.4, -0.2) is 9.97 Å². The Hall–Kier alpha value is -2.50. The molecular formula is C23H12Br2N2O. The van der Waals surface area contributed by atoms with Gasteiger partial charge in [0, 0.05) is 32.5 Å². The van der Waals surface area contributed by atoms with Crippen LogP contribution < -0.4 is 4.74 Å². The molecule has 28 heavy (non-hydrogen) atoms. The maximum atomic E-state index is 6.32. The Morgan fingerprint density at radius 1 is 0.643 bits per heavy atom. The van der Waals surface area contributed by atoms with Gasteiger partial charge in [-0.15, -0.1) is 0 Å². The summed E-state index contributed by atoms with van der Waals surface area (Å²) in [4.78, 5) is 9.43. The van der Waals surface area contributed by atoms with Gasteiger partial charge >= 0.3 is 0 Å². The van der Waals surface area contributed by atoms with Crippen molar-refractivity contribution in [1.82, 2.24) is 9.97 Å². The lowest BCUT2D eigenvalue weighted by molar-refractivity contribution is 0.436. The van der Waals surface area contributed by atoms with Gasteiger partial charge in [0.05, 0.1) is 16.8 Å². The predicted octanol–water partition coefficient (Wildman–Crippen LogP) is 6.47. The van der Waals surface area contributed by atoms with Crippen molar-refractivity contribution >= 4 is 31.9 Å². The molecule has 2 aromatic carbocycles. The Kier molecular flexibility index (Phi) is 3.38. The minimum atomic E-state index is -0.524. The maximum Gasteiger partial charge on any atom is 0.132 e. The molecule has 0 saturated heterocycles. The first-order chi connectivity index (χ1) is 13.7. The number of aromatic nitrogens is 2. The van der Waals surface area contributed by atoms with Crippen LogP contribution >= 0.6 is 31.9 Å². The highest BCUT2D eigenvalue weighted by atomic mass is 79.9. The number of hydrogen-bond donors (Lipinski definition) is 0. The molecule has 6 rings (SSSR count). The third kappa shape index (κ3) is 1.98. The summed E-state index contributed by atoms with van der Waals surface area (Å²) in [5.74, 6) is 1.70. The molecule has 0 N–H and O–H groups in total. The summed E-state index contributed by atoms with van der Waals surface area (Å²) in [5, 5.41) is 0. The van der Waals surface area contributed by atoms with Gasteiger partial charge in [-0.3, -0.25) is 9.97 Å². The molecule has 0 fully saturated rings. The average molecular weight is 492 g/mol. The second kappa shape index (κ2) is 5.75. The lowest BCUT2D eigenvalue weighted by atomic mass is 9.66. The fraction of sp³-hybridized carbons (Fsp3) is 0.0435. The third-order valence-electron chi connectivity index (χ3n) is 5.56. The first kappa shape index (κ1) is 16.5. The lowest BCUT2D eigenvalue weighted by Crippen LogP contribution is -2.32. The molecule has 4 aromatic rings. The molecule has 2 aliphatic rings. The van der Waals surface area contributed by atoms with Crippen LogP contribution in [0.1, 0.15) is 22.3 Å². The summed E-state index contributed by atoms with van der Waals surface area (Å²) < 4.78 is 8.34. The Morgan fingerprint density at radius 3 is 1.64 bits per heavy atom. The van der Waals surface area contributed by atoms with E-state index < -0.39 is 5.41 Å². The lowest BCUT2D eigenvalue weighted by Gasteiger charge is -2.39. The van der Waals surface area contributed by atoms with Gasteiger partial charge in [-0.2, -0.15) is 0 Å². The zero-order chi connectivity index (χ0) is 18.9. The Morgan fingerprint density at radius 2 is 1.14 bits per heavy atom. The van der Waals surface area contributed by atoms with Crippen LogP contribution in [0.3, 0.4) is 0 Å². The maximum absolute atomic E-state index is 6.32. The standard InChI is InChI=1S/C23H12Br2N2O/c24-13-5-7-19-17(11-13)23(18-12-14(25)6-8-20(18)28-19)15-3-1-9-26-21(15)22-16(23)4-2-10-27-22/h1-12H. The predicted molar refractivity (Wildman–Crippen MR) is 115 cm³/mol. The van der Waals surface area contributed by atoms with Crippen LogP contribution in [-0.2, 0) is 5.41 Å². The van der Waals surface area contributed by atoms with Crippen LogP contribution in [0.5, 0.6) is 11.5 Å². The molecule has 1 spiro atoms. The first-order valence-electron chi connectivity index (χ1n) is 8.89. The molecule has 1 aliphatic heterocycles. The van der Waals surface area contributed by atoms with Crippen LogP contribution in [0.2, 0.25) is 0 Å². The van der Waals surface area contributed by atoms with E-state index in [2.05, 4.69) is 56.1 Å². The van der Waals surface area contributed by atoms with Gasteiger partial charge < -0.3 is 4.74 Å². The fourth-order valence-electron chi connectivity index (χ4n) is 4.55. The SMILES string of the molecule is Brc1ccc2c(c1)C1(c3cc(Br)ccc3O2)c2cccnc2-c2ncccc21. The topological polar surface area (TPSA) is 35.0 Å². The molecule has 0 saturated carbocycles. The normalized spacial score (nSPS) is 14.6. The summed E-state index contributed by atoms with van der Waals surface area (Å²) in [7, 11) is 0. The summed E-state index contributed by atoms with van der Waals surface area (Å²) in [5.41, 5.74) is 5.77. The number of nitrogens with zero attached hydrogens (tertiary/aromatic N) is 2. The first-order valence-corrected chi connectivity index (χ1v) is 10.5. The minimum Gasteiger partial charge on any atom is -0.457 e. The Bertz CT molecular complexity index is 1190. The van der Waals surface area contributed by atoms with Gasteiger partial charge in [-0.05, 0) is 59.7 Å². The van der Waals surface area contributed by atoms with Crippen molar-refractivity contribution in [3.8, 4) is 22.9 Å². The van der Waals surface area contributed by atoms with E-state index in [-0.39, 0.29) is 0 Å². The van der Waals surface area contributed by atoms with E-state index in [4.69, 9.17) is 14.7 Å². The molecule has 0 radical (unpaired) electrons. The number of rotatable bonds is 0. The molecule has 0 unspecified atom stereocenters. The highest BCUT2D eigenvalue weighted by Gasteiger charge is 2.52. The summed E-state index contributed by atoms with van der Waals surface area (Å²) >= 11 is 7.32. The molecule has 3 nitrogen and oxygen atoms in total.